The minimum atomic E-state index is -3.60. The Balaban J connectivity index is 3.07. The first kappa shape index (κ1) is 16.8. The van der Waals surface area contributed by atoms with Crippen molar-refractivity contribution in [1.82, 2.24) is 4.31 Å². The van der Waals surface area contributed by atoms with Crippen LogP contribution < -0.4 is 0 Å². The van der Waals surface area contributed by atoms with Crippen LogP contribution in [0.4, 0.5) is 0 Å². The van der Waals surface area contributed by atoms with Gasteiger partial charge in [-0.3, -0.25) is 10.1 Å². The molecule has 0 heterocycles. The molecule has 0 N–H and O–H groups in total. The highest BCUT2D eigenvalue weighted by atomic mass is 32.2. The number of hydrogen-bond acceptors (Lipinski definition) is 4. The summed E-state index contributed by atoms with van der Waals surface area (Å²) in [5.41, 5.74) is 1.36. The molecule has 7 heteroatoms. The summed E-state index contributed by atoms with van der Waals surface area (Å²) in [6, 6.07) is 0. The Kier molecular flexibility index (Phi) is 5.47. The summed E-state index contributed by atoms with van der Waals surface area (Å²) in [5.74, 6) is 0. The van der Waals surface area contributed by atoms with Gasteiger partial charge < -0.3 is 0 Å². The second kappa shape index (κ2) is 6.49. The van der Waals surface area contributed by atoms with Crippen LogP contribution in [-0.4, -0.2) is 31.2 Å². The van der Waals surface area contributed by atoms with Crippen molar-refractivity contribution in [3.8, 4) is 0 Å². The number of rotatable bonds is 6. The third-order valence-electron chi connectivity index (χ3n) is 3.60. The quantitative estimate of drug-likeness (QED) is 0.558. The van der Waals surface area contributed by atoms with Gasteiger partial charge in [-0.25, -0.2) is 12.7 Å². The molecular weight excluding hydrogens is 280 g/mol. The Labute approximate surface area is 120 Å². The first-order valence-electron chi connectivity index (χ1n) is 6.69. The van der Waals surface area contributed by atoms with Gasteiger partial charge in [-0.1, -0.05) is 18.9 Å². The van der Waals surface area contributed by atoms with Crippen LogP contribution in [0.15, 0.2) is 21.7 Å². The van der Waals surface area contributed by atoms with Crippen LogP contribution in [0.25, 0.3) is 0 Å². The van der Waals surface area contributed by atoms with Crippen LogP contribution in [0.1, 0.15) is 46.5 Å². The summed E-state index contributed by atoms with van der Waals surface area (Å²) in [6.07, 6.45) is 1.92. The third-order valence-corrected chi connectivity index (χ3v) is 5.71. The van der Waals surface area contributed by atoms with Crippen LogP contribution in [-0.2, 0) is 10.0 Å². The molecule has 0 bridgehead atoms. The molecule has 20 heavy (non-hydrogen) atoms. The predicted octanol–water partition coefficient (Wildman–Crippen LogP) is 2.67. The highest BCUT2D eigenvalue weighted by Gasteiger charge is 2.33. The molecule has 0 aromatic carbocycles. The van der Waals surface area contributed by atoms with Crippen LogP contribution >= 0.6 is 0 Å². The van der Waals surface area contributed by atoms with E-state index in [1.807, 2.05) is 6.92 Å². The number of nitro groups is 1. The lowest BCUT2D eigenvalue weighted by Crippen LogP contribution is -2.31. The van der Waals surface area contributed by atoms with Crippen LogP contribution in [0.5, 0.6) is 0 Å². The van der Waals surface area contributed by atoms with Crippen molar-refractivity contribution in [2.45, 2.75) is 46.5 Å². The van der Waals surface area contributed by atoms with E-state index < -0.39 is 14.9 Å². The van der Waals surface area contributed by atoms with E-state index in [4.69, 9.17) is 0 Å². The summed E-state index contributed by atoms with van der Waals surface area (Å²) in [6.45, 7) is 5.85. The van der Waals surface area contributed by atoms with Gasteiger partial charge in [-0.2, -0.15) is 0 Å². The van der Waals surface area contributed by atoms with Gasteiger partial charge in [0, 0.05) is 19.2 Å². The molecule has 0 spiro atoms. The average molecular weight is 302 g/mol. The van der Waals surface area contributed by atoms with Crippen molar-refractivity contribution in [2.24, 2.45) is 0 Å². The van der Waals surface area contributed by atoms with Gasteiger partial charge in [-0.15, -0.1) is 0 Å². The van der Waals surface area contributed by atoms with E-state index in [1.54, 1.807) is 13.8 Å². The molecule has 1 rings (SSSR count). The fourth-order valence-electron chi connectivity index (χ4n) is 2.27. The van der Waals surface area contributed by atoms with Crippen molar-refractivity contribution in [3.05, 3.63) is 31.9 Å². The molecule has 0 fully saturated rings. The van der Waals surface area contributed by atoms with Gasteiger partial charge in [0.15, 0.2) is 0 Å². The lowest BCUT2D eigenvalue weighted by molar-refractivity contribution is -0.428. The lowest BCUT2D eigenvalue weighted by Gasteiger charge is -2.23. The molecule has 0 atom stereocenters. The van der Waals surface area contributed by atoms with Gasteiger partial charge in [0.2, 0.25) is 10.0 Å². The Morgan fingerprint density at radius 1 is 1.25 bits per heavy atom. The van der Waals surface area contributed by atoms with Crippen molar-refractivity contribution >= 4 is 10.0 Å². The molecule has 6 nitrogen and oxygen atoms in total. The first-order valence-corrected chi connectivity index (χ1v) is 8.13. The SMILES string of the molecule is CCCCN(C)S(=O)(=O)C1=C(C)CC(C)=C([N+](=O)[O-])C1. The number of allylic oxidation sites excluding steroid dienone is 3. The van der Waals surface area contributed by atoms with Crippen molar-refractivity contribution in [3.63, 3.8) is 0 Å². The largest absolute Gasteiger partial charge is 0.259 e. The molecule has 1 aliphatic rings. The monoisotopic (exact) mass is 302 g/mol. The zero-order valence-electron chi connectivity index (χ0n) is 12.5. The Hall–Kier alpha value is -1.21. The summed E-state index contributed by atoms with van der Waals surface area (Å²) in [5, 5.41) is 11.0. The maximum Gasteiger partial charge on any atom is 0.250 e. The molecule has 0 saturated carbocycles. The molecule has 114 valence electrons. The summed E-state index contributed by atoms with van der Waals surface area (Å²) < 4.78 is 26.3. The highest BCUT2D eigenvalue weighted by Crippen LogP contribution is 2.34. The first-order chi connectivity index (χ1) is 9.21. The van der Waals surface area contributed by atoms with Crippen molar-refractivity contribution in [2.75, 3.05) is 13.6 Å². The molecule has 0 radical (unpaired) electrons. The maximum atomic E-state index is 12.5. The number of sulfonamides is 1. The molecule has 0 unspecified atom stereocenters. The average Bonchev–Trinajstić information content (AvgIpc) is 2.34. The molecule has 0 aromatic rings. The Morgan fingerprint density at radius 2 is 1.85 bits per heavy atom. The van der Waals surface area contributed by atoms with E-state index in [0.29, 0.717) is 24.1 Å². The number of hydrogen-bond donors (Lipinski definition) is 0. The second-order valence-electron chi connectivity index (χ2n) is 5.22. The number of nitrogens with zero attached hydrogens (tertiary/aromatic N) is 2. The lowest BCUT2D eigenvalue weighted by atomic mass is 9.98. The minimum Gasteiger partial charge on any atom is -0.259 e. The minimum absolute atomic E-state index is 0.0121. The standard InChI is InChI=1S/C13H22N2O4S/c1-5-6-7-14(4)20(18,19)13-9-12(15(16)17)10(2)8-11(13)3/h5-9H2,1-4H3. The van der Waals surface area contributed by atoms with Crippen LogP contribution in [0, 0.1) is 10.1 Å². The van der Waals surface area contributed by atoms with Gasteiger partial charge in [-0.05, 0) is 26.7 Å². The van der Waals surface area contributed by atoms with Crippen LogP contribution in [0.3, 0.4) is 0 Å². The van der Waals surface area contributed by atoms with E-state index >= 15 is 0 Å². The fraction of sp³-hybridized carbons (Fsp3) is 0.692. The molecule has 0 aromatic heterocycles. The molecular formula is C13H22N2O4S. The highest BCUT2D eigenvalue weighted by molar-refractivity contribution is 7.93. The van der Waals surface area contributed by atoms with Gasteiger partial charge in [0.05, 0.1) is 16.2 Å². The van der Waals surface area contributed by atoms with E-state index in [1.165, 1.54) is 11.4 Å². The van der Waals surface area contributed by atoms with Gasteiger partial charge in [0.25, 0.3) is 5.70 Å². The summed E-state index contributed by atoms with van der Waals surface area (Å²) >= 11 is 0. The maximum absolute atomic E-state index is 12.5. The van der Waals surface area contributed by atoms with Crippen molar-refractivity contribution < 1.29 is 13.3 Å². The third kappa shape index (κ3) is 3.46. The Morgan fingerprint density at radius 3 is 2.35 bits per heavy atom. The smallest absolute Gasteiger partial charge is 0.250 e. The van der Waals surface area contributed by atoms with E-state index in [-0.39, 0.29) is 17.0 Å². The normalized spacial score (nSPS) is 17.1. The number of unbranched alkanes of at least 4 members (excludes halogenated alkanes) is 1. The summed E-state index contributed by atoms with van der Waals surface area (Å²) in [4.78, 5) is 10.7. The molecule has 0 aliphatic heterocycles. The fourth-order valence-corrected chi connectivity index (χ4v) is 3.85. The Bertz CT molecular complexity index is 561. The van der Waals surface area contributed by atoms with Gasteiger partial charge in [0.1, 0.15) is 0 Å². The zero-order valence-corrected chi connectivity index (χ0v) is 13.3. The molecule has 0 amide bonds. The van der Waals surface area contributed by atoms with Crippen LogP contribution in [0.2, 0.25) is 0 Å². The van der Waals surface area contributed by atoms with E-state index in [9.17, 15) is 18.5 Å². The van der Waals surface area contributed by atoms with E-state index in [2.05, 4.69) is 0 Å². The van der Waals surface area contributed by atoms with Gasteiger partial charge >= 0.3 is 0 Å². The second-order valence-corrected chi connectivity index (χ2v) is 7.29. The zero-order chi connectivity index (χ0) is 15.5. The van der Waals surface area contributed by atoms with Crippen molar-refractivity contribution in [1.29, 1.82) is 0 Å². The van der Waals surface area contributed by atoms with E-state index in [0.717, 1.165) is 12.8 Å². The summed E-state index contributed by atoms with van der Waals surface area (Å²) in [7, 11) is -2.07. The topological polar surface area (TPSA) is 80.5 Å². The predicted molar refractivity (Wildman–Crippen MR) is 78.1 cm³/mol. The molecule has 0 saturated heterocycles. The molecule has 1 aliphatic carbocycles.